The maximum Gasteiger partial charge on any atom is 0.235 e. The summed E-state index contributed by atoms with van der Waals surface area (Å²) in [6.07, 6.45) is 3.58. The minimum absolute atomic E-state index is 0.609. The zero-order chi connectivity index (χ0) is 30.2. The molecule has 0 aliphatic rings. The average molecular weight is 589 g/mol. The van der Waals surface area contributed by atoms with Crippen LogP contribution in [0.25, 0.3) is 88.4 Å². The van der Waals surface area contributed by atoms with Gasteiger partial charge in [0, 0.05) is 50.6 Å². The number of rotatable bonds is 3. The lowest BCUT2D eigenvalue weighted by atomic mass is 10.1. The Morgan fingerprint density at radius 2 is 0.957 bits per heavy atom. The fourth-order valence-corrected chi connectivity index (χ4v) is 7.15. The van der Waals surface area contributed by atoms with Gasteiger partial charge < -0.3 is 4.57 Å². The summed E-state index contributed by atoms with van der Waals surface area (Å²) in [6.45, 7) is 0. The molecule has 10 rings (SSSR count). The first-order valence-corrected chi connectivity index (χ1v) is 15.3. The highest BCUT2D eigenvalue weighted by Crippen LogP contribution is 2.45. The molecule has 0 amide bonds. The Hall–Kier alpha value is -6.40. The molecule has 0 bridgehead atoms. The number of nitrogens with zero attached hydrogens (tertiary/aromatic N) is 6. The summed E-state index contributed by atoms with van der Waals surface area (Å²) in [5.74, 6) is 0.609. The van der Waals surface area contributed by atoms with Gasteiger partial charge >= 0.3 is 0 Å². The molecule has 0 saturated heterocycles. The predicted molar refractivity (Wildman–Crippen MR) is 187 cm³/mol. The standard InChI is InChI=1S/C40H24N6/c1-3-13-25(14-4-1)35-27-17-7-10-20-30(27)43-40(44-35)46-32-22-12-9-19-29(32)34-37-36(41-23-24-42-37)33-28-18-8-11-21-31(28)45(38(33)39(34)46)26-15-5-2-6-16-26/h1-24H. The molecule has 0 fully saturated rings. The van der Waals surface area contributed by atoms with Crippen molar-refractivity contribution in [2.24, 2.45) is 0 Å². The molecule has 0 aliphatic carbocycles. The van der Waals surface area contributed by atoms with E-state index in [1.807, 2.05) is 18.2 Å². The summed E-state index contributed by atoms with van der Waals surface area (Å²) >= 11 is 0. The molecule has 0 radical (unpaired) electrons. The first-order valence-electron chi connectivity index (χ1n) is 15.3. The third kappa shape index (κ3) is 3.41. The third-order valence-electron chi connectivity index (χ3n) is 9.00. The number of hydrogen-bond donors (Lipinski definition) is 0. The Morgan fingerprint density at radius 3 is 1.63 bits per heavy atom. The quantitative estimate of drug-likeness (QED) is 0.206. The lowest BCUT2D eigenvalue weighted by molar-refractivity contribution is 1.01. The second-order valence-electron chi connectivity index (χ2n) is 11.5. The fourth-order valence-electron chi connectivity index (χ4n) is 7.15. The van der Waals surface area contributed by atoms with Crippen LogP contribution in [0.3, 0.4) is 0 Å². The molecule has 0 aliphatic heterocycles. The molecule has 0 atom stereocenters. The van der Waals surface area contributed by atoms with E-state index in [1.54, 1.807) is 12.4 Å². The number of hydrogen-bond acceptors (Lipinski definition) is 4. The second kappa shape index (κ2) is 9.55. The van der Waals surface area contributed by atoms with E-state index < -0.39 is 0 Å². The number of aromatic nitrogens is 6. The lowest BCUT2D eigenvalue weighted by Crippen LogP contribution is -2.05. The minimum Gasteiger partial charge on any atom is -0.307 e. The van der Waals surface area contributed by atoms with Crippen molar-refractivity contribution in [3.8, 4) is 22.9 Å². The number of fused-ring (bicyclic) bond motifs is 11. The number of para-hydroxylation sites is 4. The van der Waals surface area contributed by atoms with Gasteiger partial charge in [-0.3, -0.25) is 14.5 Å². The van der Waals surface area contributed by atoms with Crippen LogP contribution >= 0.6 is 0 Å². The molecular formula is C40H24N6. The van der Waals surface area contributed by atoms with Gasteiger partial charge in [-0.2, -0.15) is 0 Å². The topological polar surface area (TPSA) is 61.4 Å². The molecule has 6 aromatic carbocycles. The van der Waals surface area contributed by atoms with E-state index in [1.165, 1.54) is 0 Å². The van der Waals surface area contributed by atoms with Crippen LogP contribution in [-0.4, -0.2) is 29.1 Å². The van der Waals surface area contributed by atoms with Crippen LogP contribution in [0.1, 0.15) is 0 Å². The van der Waals surface area contributed by atoms with E-state index in [0.717, 1.165) is 82.5 Å². The summed E-state index contributed by atoms with van der Waals surface area (Å²) < 4.78 is 4.59. The van der Waals surface area contributed by atoms with Crippen molar-refractivity contribution in [3.63, 3.8) is 0 Å². The van der Waals surface area contributed by atoms with Crippen molar-refractivity contribution in [3.05, 3.63) is 146 Å². The highest BCUT2D eigenvalue weighted by Gasteiger charge is 2.26. The van der Waals surface area contributed by atoms with Crippen molar-refractivity contribution in [1.82, 2.24) is 29.1 Å². The molecular weight excluding hydrogens is 564 g/mol. The molecule has 0 saturated carbocycles. The molecule has 0 spiro atoms. The molecule has 6 nitrogen and oxygen atoms in total. The summed E-state index contributed by atoms with van der Waals surface area (Å²) in [6, 6.07) is 46.2. The summed E-state index contributed by atoms with van der Waals surface area (Å²) in [7, 11) is 0. The van der Waals surface area contributed by atoms with Crippen LogP contribution in [0.15, 0.2) is 146 Å². The maximum absolute atomic E-state index is 5.36. The lowest BCUT2D eigenvalue weighted by Gasteiger charge is -2.14. The van der Waals surface area contributed by atoms with Crippen LogP contribution in [0.4, 0.5) is 0 Å². The van der Waals surface area contributed by atoms with E-state index in [-0.39, 0.29) is 0 Å². The molecule has 4 aromatic heterocycles. The van der Waals surface area contributed by atoms with E-state index >= 15 is 0 Å². The average Bonchev–Trinajstić information content (AvgIpc) is 3.66. The number of benzene rings is 6. The Morgan fingerprint density at radius 1 is 0.435 bits per heavy atom. The van der Waals surface area contributed by atoms with Gasteiger partial charge in [-0.15, -0.1) is 0 Å². The van der Waals surface area contributed by atoms with E-state index in [9.17, 15) is 0 Å². The normalized spacial score (nSPS) is 11.9. The summed E-state index contributed by atoms with van der Waals surface area (Å²) in [5.41, 5.74) is 9.79. The van der Waals surface area contributed by atoms with Gasteiger partial charge in [0.15, 0.2) is 0 Å². The van der Waals surface area contributed by atoms with Gasteiger partial charge in [0.2, 0.25) is 5.95 Å². The van der Waals surface area contributed by atoms with Gasteiger partial charge in [-0.05, 0) is 30.3 Å². The van der Waals surface area contributed by atoms with Crippen molar-refractivity contribution in [2.45, 2.75) is 0 Å². The minimum atomic E-state index is 0.609. The van der Waals surface area contributed by atoms with Crippen LogP contribution in [0, 0.1) is 0 Å². The molecule has 4 heterocycles. The Bertz CT molecular complexity index is 2800. The van der Waals surface area contributed by atoms with Crippen LogP contribution < -0.4 is 0 Å². The van der Waals surface area contributed by atoms with Crippen LogP contribution in [0.5, 0.6) is 0 Å². The largest absolute Gasteiger partial charge is 0.307 e. The summed E-state index contributed by atoms with van der Waals surface area (Å²) in [4.78, 5) is 20.6. The summed E-state index contributed by atoms with van der Waals surface area (Å²) in [5, 5.41) is 5.30. The molecule has 46 heavy (non-hydrogen) atoms. The Labute approximate surface area is 262 Å². The molecule has 10 aromatic rings. The van der Waals surface area contributed by atoms with Gasteiger partial charge in [0.1, 0.15) is 0 Å². The second-order valence-corrected chi connectivity index (χ2v) is 11.5. The van der Waals surface area contributed by atoms with Crippen molar-refractivity contribution >= 4 is 65.5 Å². The highest BCUT2D eigenvalue weighted by atomic mass is 15.2. The predicted octanol–water partition coefficient (Wildman–Crippen LogP) is 9.43. The van der Waals surface area contributed by atoms with Crippen LogP contribution in [0.2, 0.25) is 0 Å². The molecule has 214 valence electrons. The molecule has 6 heteroatoms. The van der Waals surface area contributed by atoms with Crippen LogP contribution in [-0.2, 0) is 0 Å². The van der Waals surface area contributed by atoms with E-state index in [4.69, 9.17) is 19.9 Å². The Balaban J connectivity index is 1.50. The first-order chi connectivity index (χ1) is 22.9. The van der Waals surface area contributed by atoms with Gasteiger partial charge in [-0.1, -0.05) is 103 Å². The van der Waals surface area contributed by atoms with Crippen molar-refractivity contribution in [2.75, 3.05) is 0 Å². The van der Waals surface area contributed by atoms with E-state index in [2.05, 4.69) is 124 Å². The fraction of sp³-hybridized carbons (Fsp3) is 0. The maximum atomic E-state index is 5.36. The zero-order valence-electron chi connectivity index (χ0n) is 24.5. The first kappa shape index (κ1) is 25.0. The van der Waals surface area contributed by atoms with Crippen molar-refractivity contribution < 1.29 is 0 Å². The highest BCUT2D eigenvalue weighted by molar-refractivity contribution is 6.34. The third-order valence-corrected chi connectivity index (χ3v) is 9.00. The monoisotopic (exact) mass is 588 g/mol. The smallest absolute Gasteiger partial charge is 0.235 e. The SMILES string of the molecule is c1ccc(-c2nc(-n3c4ccccc4c4c5nccnc5c5c6ccccc6n(-c6ccccc6)c5c43)nc3ccccc23)cc1. The van der Waals surface area contributed by atoms with Gasteiger partial charge in [-0.25, -0.2) is 9.97 Å². The molecule has 0 N–H and O–H groups in total. The van der Waals surface area contributed by atoms with E-state index in [0.29, 0.717) is 5.95 Å². The zero-order valence-corrected chi connectivity index (χ0v) is 24.5. The van der Waals surface area contributed by atoms with Gasteiger partial charge in [0.05, 0.1) is 44.3 Å². The van der Waals surface area contributed by atoms with Crippen molar-refractivity contribution in [1.29, 1.82) is 0 Å². The molecule has 0 unspecified atom stereocenters. The Kier molecular flexibility index (Phi) is 5.19. The van der Waals surface area contributed by atoms with Gasteiger partial charge in [0.25, 0.3) is 0 Å².